The largest absolute Gasteiger partial charge is 0.315 e. The van der Waals surface area contributed by atoms with Crippen LogP contribution in [0.5, 0.6) is 0 Å². The van der Waals surface area contributed by atoms with Crippen molar-refractivity contribution < 1.29 is 17.7 Å². The van der Waals surface area contributed by atoms with Gasteiger partial charge in [0, 0.05) is 19.6 Å². The van der Waals surface area contributed by atoms with Crippen LogP contribution < -0.4 is 5.32 Å². The highest BCUT2D eigenvalue weighted by Gasteiger charge is 2.34. The van der Waals surface area contributed by atoms with E-state index in [0.29, 0.717) is 25.6 Å². The van der Waals surface area contributed by atoms with Crippen molar-refractivity contribution in [1.82, 2.24) is 9.62 Å². The summed E-state index contributed by atoms with van der Waals surface area (Å²) in [6.45, 7) is 1.18. The van der Waals surface area contributed by atoms with Gasteiger partial charge in [-0.2, -0.15) is 4.31 Å². The number of rotatable bonds is 4. The van der Waals surface area contributed by atoms with Crippen LogP contribution in [0.3, 0.4) is 0 Å². The molecule has 1 N–H and O–H groups in total. The van der Waals surface area contributed by atoms with E-state index in [0.717, 1.165) is 16.4 Å². The van der Waals surface area contributed by atoms with E-state index >= 15 is 0 Å². The number of likely N-dealkylation sites (N-methyl/N-ethyl adjacent to an activating group) is 1. The second-order valence-electron chi connectivity index (χ2n) is 4.54. The zero-order valence-electron chi connectivity index (χ0n) is 10.7. The SMILES string of the molecule is CN(C1CCNC1)S(=O)(=O)c1ccc(F)cc1[N+](=O)[O-]. The first kappa shape index (κ1) is 14.8. The van der Waals surface area contributed by atoms with Crippen molar-refractivity contribution in [3.63, 3.8) is 0 Å². The molecule has 1 fully saturated rings. The van der Waals surface area contributed by atoms with E-state index in [9.17, 15) is 22.9 Å². The lowest BCUT2D eigenvalue weighted by atomic mass is 10.3. The highest BCUT2D eigenvalue weighted by molar-refractivity contribution is 7.89. The van der Waals surface area contributed by atoms with Gasteiger partial charge < -0.3 is 5.32 Å². The van der Waals surface area contributed by atoms with E-state index in [1.807, 2.05) is 0 Å². The third kappa shape index (κ3) is 2.65. The Hall–Kier alpha value is -1.58. The fourth-order valence-corrected chi connectivity index (χ4v) is 3.67. The van der Waals surface area contributed by atoms with Crippen molar-refractivity contribution >= 4 is 15.7 Å². The zero-order chi connectivity index (χ0) is 14.9. The number of hydrogen-bond donors (Lipinski definition) is 1. The lowest BCUT2D eigenvalue weighted by Crippen LogP contribution is -2.38. The standard InChI is InChI=1S/C11H14FN3O4S/c1-14(9-4-5-13-7-9)20(18,19)11-3-2-8(12)6-10(11)15(16)17/h2-3,6,9,13H,4-5,7H2,1H3. The van der Waals surface area contributed by atoms with Gasteiger partial charge >= 0.3 is 0 Å². The Morgan fingerprint density at radius 2 is 2.20 bits per heavy atom. The maximum Gasteiger partial charge on any atom is 0.292 e. The fraction of sp³-hybridized carbons (Fsp3) is 0.455. The van der Waals surface area contributed by atoms with E-state index in [1.54, 1.807) is 0 Å². The Kier molecular flexibility index (Phi) is 4.02. The topological polar surface area (TPSA) is 92.6 Å². The summed E-state index contributed by atoms with van der Waals surface area (Å²) in [4.78, 5) is 9.53. The van der Waals surface area contributed by atoms with E-state index in [4.69, 9.17) is 0 Å². The van der Waals surface area contributed by atoms with Crippen molar-refractivity contribution in [2.75, 3.05) is 20.1 Å². The lowest BCUT2D eigenvalue weighted by Gasteiger charge is -2.22. The van der Waals surface area contributed by atoms with E-state index in [-0.39, 0.29) is 6.04 Å². The second kappa shape index (κ2) is 5.43. The Morgan fingerprint density at radius 3 is 2.75 bits per heavy atom. The molecule has 0 aromatic heterocycles. The Balaban J connectivity index is 2.46. The normalized spacial score (nSPS) is 19.4. The van der Waals surface area contributed by atoms with Gasteiger partial charge in [-0.3, -0.25) is 10.1 Å². The van der Waals surface area contributed by atoms with Crippen LogP contribution in [-0.2, 0) is 10.0 Å². The molecule has 1 atom stereocenters. The summed E-state index contributed by atoms with van der Waals surface area (Å²) < 4.78 is 39.0. The molecule has 0 aliphatic carbocycles. The molecular formula is C11H14FN3O4S. The highest BCUT2D eigenvalue weighted by atomic mass is 32.2. The molecule has 0 bridgehead atoms. The quantitative estimate of drug-likeness (QED) is 0.653. The molecule has 20 heavy (non-hydrogen) atoms. The van der Waals surface area contributed by atoms with Crippen molar-refractivity contribution in [2.45, 2.75) is 17.4 Å². The summed E-state index contributed by atoms with van der Waals surface area (Å²) in [5.74, 6) is -0.846. The van der Waals surface area contributed by atoms with Crippen LogP contribution in [0.4, 0.5) is 10.1 Å². The maximum absolute atomic E-state index is 13.1. The monoisotopic (exact) mass is 303 g/mol. The van der Waals surface area contributed by atoms with Crippen molar-refractivity contribution in [3.8, 4) is 0 Å². The van der Waals surface area contributed by atoms with Crippen LogP contribution >= 0.6 is 0 Å². The molecule has 1 aromatic rings. The molecule has 1 unspecified atom stereocenters. The van der Waals surface area contributed by atoms with Gasteiger partial charge in [-0.15, -0.1) is 0 Å². The number of nitrogens with one attached hydrogen (secondary N) is 1. The van der Waals surface area contributed by atoms with E-state index in [1.165, 1.54) is 7.05 Å². The summed E-state index contributed by atoms with van der Waals surface area (Å²) >= 11 is 0. The van der Waals surface area contributed by atoms with Gasteiger partial charge in [-0.1, -0.05) is 0 Å². The summed E-state index contributed by atoms with van der Waals surface area (Å²) in [6, 6.07) is 2.19. The van der Waals surface area contributed by atoms with Gasteiger partial charge in [0.1, 0.15) is 5.82 Å². The maximum atomic E-state index is 13.1. The van der Waals surface area contributed by atoms with Gasteiger partial charge in [0.15, 0.2) is 4.90 Å². The average molecular weight is 303 g/mol. The summed E-state index contributed by atoms with van der Waals surface area (Å²) in [5, 5.41) is 13.9. The first-order valence-electron chi connectivity index (χ1n) is 5.96. The Labute approximate surface area is 115 Å². The minimum absolute atomic E-state index is 0.260. The fourth-order valence-electron chi connectivity index (χ4n) is 2.15. The Morgan fingerprint density at radius 1 is 1.50 bits per heavy atom. The number of nitrogens with zero attached hydrogens (tertiary/aromatic N) is 2. The molecule has 0 amide bonds. The summed E-state index contributed by atoms with van der Waals surface area (Å²) in [6.07, 6.45) is 0.630. The molecule has 7 nitrogen and oxygen atoms in total. The average Bonchev–Trinajstić information content (AvgIpc) is 2.91. The molecule has 1 saturated heterocycles. The zero-order valence-corrected chi connectivity index (χ0v) is 11.6. The summed E-state index contributed by atoms with van der Waals surface area (Å²) in [7, 11) is -2.65. The molecule has 1 aliphatic rings. The number of sulfonamides is 1. The predicted molar refractivity (Wildman–Crippen MR) is 69.3 cm³/mol. The van der Waals surface area contributed by atoms with Crippen LogP contribution in [0.15, 0.2) is 23.1 Å². The second-order valence-corrected chi connectivity index (χ2v) is 6.50. The summed E-state index contributed by atoms with van der Waals surface area (Å²) in [5.41, 5.74) is -0.747. The van der Waals surface area contributed by atoms with Crippen molar-refractivity contribution in [2.24, 2.45) is 0 Å². The molecule has 110 valence electrons. The van der Waals surface area contributed by atoms with Gasteiger partial charge in [0.05, 0.1) is 11.0 Å². The molecule has 0 spiro atoms. The third-order valence-electron chi connectivity index (χ3n) is 3.32. The van der Waals surface area contributed by atoms with Crippen molar-refractivity contribution in [1.29, 1.82) is 0 Å². The van der Waals surface area contributed by atoms with Gasteiger partial charge in [0.25, 0.3) is 5.69 Å². The number of nitro groups is 1. The minimum atomic E-state index is -4.03. The van der Waals surface area contributed by atoms with E-state index in [2.05, 4.69) is 5.32 Å². The molecule has 0 radical (unpaired) electrons. The van der Waals surface area contributed by atoms with Crippen LogP contribution in [0.2, 0.25) is 0 Å². The molecule has 1 aromatic carbocycles. The number of hydrogen-bond acceptors (Lipinski definition) is 5. The van der Waals surface area contributed by atoms with Crippen LogP contribution in [-0.4, -0.2) is 43.8 Å². The van der Waals surface area contributed by atoms with Crippen LogP contribution in [0, 0.1) is 15.9 Å². The number of halogens is 1. The number of nitro benzene ring substituents is 1. The first-order chi connectivity index (χ1) is 9.34. The molecule has 1 heterocycles. The number of benzene rings is 1. The van der Waals surface area contributed by atoms with Gasteiger partial charge in [0.2, 0.25) is 10.0 Å². The van der Waals surface area contributed by atoms with Crippen molar-refractivity contribution in [3.05, 3.63) is 34.1 Å². The van der Waals surface area contributed by atoms with Gasteiger partial charge in [-0.25, -0.2) is 12.8 Å². The molecule has 0 saturated carbocycles. The third-order valence-corrected chi connectivity index (χ3v) is 5.28. The molecule has 1 aliphatic heterocycles. The van der Waals surface area contributed by atoms with Crippen LogP contribution in [0.1, 0.15) is 6.42 Å². The highest BCUT2D eigenvalue weighted by Crippen LogP contribution is 2.28. The van der Waals surface area contributed by atoms with E-state index < -0.39 is 31.3 Å². The van der Waals surface area contributed by atoms with Crippen LogP contribution in [0.25, 0.3) is 0 Å². The predicted octanol–water partition coefficient (Wildman–Crippen LogP) is 0.716. The lowest BCUT2D eigenvalue weighted by molar-refractivity contribution is -0.388. The first-order valence-corrected chi connectivity index (χ1v) is 7.40. The molecular weight excluding hydrogens is 289 g/mol. The molecule has 2 rings (SSSR count). The van der Waals surface area contributed by atoms with Gasteiger partial charge in [-0.05, 0) is 25.1 Å². The Bertz CT molecular complexity index is 629. The minimum Gasteiger partial charge on any atom is -0.315 e. The molecule has 9 heteroatoms. The smallest absolute Gasteiger partial charge is 0.292 e.